The van der Waals surface area contributed by atoms with Gasteiger partial charge in [-0.15, -0.1) is 0 Å². The fourth-order valence-corrected chi connectivity index (χ4v) is 3.40. The van der Waals surface area contributed by atoms with Gasteiger partial charge in [0.1, 0.15) is 6.61 Å². The second kappa shape index (κ2) is 9.21. The number of methoxy groups -OCH3 is 1. The molecule has 2 aromatic carbocycles. The van der Waals surface area contributed by atoms with Crippen LogP contribution in [0.1, 0.15) is 6.92 Å². The van der Waals surface area contributed by atoms with Crippen molar-refractivity contribution in [3.8, 4) is 11.5 Å². The summed E-state index contributed by atoms with van der Waals surface area (Å²) >= 11 is 0. The second-order valence-corrected chi connectivity index (χ2v) is 7.16. The van der Waals surface area contributed by atoms with Crippen molar-refractivity contribution in [2.45, 2.75) is 17.9 Å². The molecule has 0 saturated heterocycles. The van der Waals surface area contributed by atoms with Crippen LogP contribution in [0, 0.1) is 0 Å². The third kappa shape index (κ3) is 5.47. The monoisotopic (exact) mass is 378 g/mol. The van der Waals surface area contributed by atoms with Gasteiger partial charge in [-0.05, 0) is 31.2 Å². The van der Waals surface area contributed by atoms with Gasteiger partial charge in [-0.2, -0.15) is 4.72 Å². The molecule has 140 valence electrons. The Morgan fingerprint density at radius 3 is 2.31 bits per heavy atom. The molecule has 26 heavy (non-hydrogen) atoms. The first-order chi connectivity index (χ1) is 12.4. The summed E-state index contributed by atoms with van der Waals surface area (Å²) in [6, 6.07) is 14.2. The van der Waals surface area contributed by atoms with E-state index >= 15 is 0 Å². The SMILES string of the molecule is COc1ccccc1OCCNC(=O)[C@H](C)NS(=O)(=O)c1ccccc1. The molecule has 0 heterocycles. The summed E-state index contributed by atoms with van der Waals surface area (Å²) in [5.74, 6) is 0.734. The summed E-state index contributed by atoms with van der Waals surface area (Å²) in [6.45, 7) is 1.94. The Balaban J connectivity index is 1.80. The van der Waals surface area contributed by atoms with Gasteiger partial charge in [-0.1, -0.05) is 30.3 Å². The molecule has 0 aliphatic carbocycles. The summed E-state index contributed by atoms with van der Waals surface area (Å²) < 4.78 is 37.5. The number of ether oxygens (including phenoxy) is 2. The molecule has 0 bridgehead atoms. The van der Waals surface area contributed by atoms with Gasteiger partial charge in [0.15, 0.2) is 11.5 Å². The summed E-state index contributed by atoms with van der Waals surface area (Å²) in [7, 11) is -2.20. The van der Waals surface area contributed by atoms with Gasteiger partial charge in [-0.3, -0.25) is 4.79 Å². The van der Waals surface area contributed by atoms with Gasteiger partial charge in [0.25, 0.3) is 0 Å². The molecule has 0 aromatic heterocycles. The van der Waals surface area contributed by atoms with Gasteiger partial charge >= 0.3 is 0 Å². The molecule has 2 aromatic rings. The topological polar surface area (TPSA) is 93.7 Å². The summed E-state index contributed by atoms with van der Waals surface area (Å²) in [5.41, 5.74) is 0. The highest BCUT2D eigenvalue weighted by atomic mass is 32.2. The fraction of sp³-hybridized carbons (Fsp3) is 0.278. The van der Waals surface area contributed by atoms with Crippen molar-refractivity contribution in [3.63, 3.8) is 0 Å². The lowest BCUT2D eigenvalue weighted by Gasteiger charge is -2.15. The number of benzene rings is 2. The normalized spacial score (nSPS) is 12.2. The van der Waals surface area contributed by atoms with Crippen molar-refractivity contribution in [1.29, 1.82) is 0 Å². The Bertz CT molecular complexity index is 824. The lowest BCUT2D eigenvalue weighted by atomic mass is 10.3. The number of para-hydroxylation sites is 2. The average molecular weight is 378 g/mol. The van der Waals surface area contributed by atoms with Crippen LogP contribution in [0.4, 0.5) is 0 Å². The van der Waals surface area contributed by atoms with Crippen molar-refractivity contribution in [2.75, 3.05) is 20.3 Å². The Morgan fingerprint density at radius 1 is 1.04 bits per heavy atom. The standard InChI is InChI=1S/C18H22N2O5S/c1-14(20-26(22,23)15-8-4-3-5-9-15)18(21)19-12-13-25-17-11-7-6-10-16(17)24-2/h3-11,14,20H,12-13H2,1-2H3,(H,19,21)/t14-/m0/s1. The van der Waals surface area contributed by atoms with Crippen molar-refractivity contribution in [2.24, 2.45) is 0 Å². The van der Waals surface area contributed by atoms with Crippen molar-refractivity contribution in [1.82, 2.24) is 10.0 Å². The highest BCUT2D eigenvalue weighted by molar-refractivity contribution is 7.89. The number of amides is 1. The van der Waals surface area contributed by atoms with E-state index in [0.29, 0.717) is 11.5 Å². The van der Waals surface area contributed by atoms with Crippen molar-refractivity contribution >= 4 is 15.9 Å². The van der Waals surface area contributed by atoms with Crippen molar-refractivity contribution in [3.05, 3.63) is 54.6 Å². The Kier molecular flexibility index (Phi) is 6.99. The molecule has 0 aliphatic heterocycles. The summed E-state index contributed by atoms with van der Waals surface area (Å²) in [4.78, 5) is 12.2. The molecule has 1 amide bonds. The zero-order valence-electron chi connectivity index (χ0n) is 14.6. The predicted molar refractivity (Wildman–Crippen MR) is 97.7 cm³/mol. The zero-order chi connectivity index (χ0) is 19.0. The van der Waals surface area contributed by atoms with E-state index in [4.69, 9.17) is 9.47 Å². The van der Waals surface area contributed by atoms with Crippen LogP contribution < -0.4 is 19.5 Å². The molecule has 8 heteroatoms. The molecule has 7 nitrogen and oxygen atoms in total. The van der Waals surface area contributed by atoms with Crippen LogP contribution in [0.3, 0.4) is 0 Å². The van der Waals surface area contributed by atoms with Crippen LogP contribution in [0.15, 0.2) is 59.5 Å². The first-order valence-corrected chi connectivity index (χ1v) is 9.53. The van der Waals surface area contributed by atoms with E-state index in [1.54, 1.807) is 37.4 Å². The molecular weight excluding hydrogens is 356 g/mol. The summed E-state index contributed by atoms with van der Waals surface area (Å²) in [6.07, 6.45) is 0. The minimum Gasteiger partial charge on any atom is -0.493 e. The quantitative estimate of drug-likeness (QED) is 0.646. The molecule has 2 rings (SSSR count). The van der Waals surface area contributed by atoms with Gasteiger partial charge < -0.3 is 14.8 Å². The van der Waals surface area contributed by atoms with Crippen molar-refractivity contribution < 1.29 is 22.7 Å². The van der Waals surface area contributed by atoms with E-state index in [2.05, 4.69) is 10.0 Å². The third-order valence-electron chi connectivity index (χ3n) is 3.51. The van der Waals surface area contributed by atoms with Crippen LogP contribution in [-0.2, 0) is 14.8 Å². The largest absolute Gasteiger partial charge is 0.493 e. The number of nitrogens with one attached hydrogen (secondary N) is 2. The van der Waals surface area contributed by atoms with Gasteiger partial charge in [0, 0.05) is 0 Å². The average Bonchev–Trinajstić information content (AvgIpc) is 2.65. The highest BCUT2D eigenvalue weighted by Gasteiger charge is 2.21. The summed E-state index contributed by atoms with van der Waals surface area (Å²) in [5, 5.41) is 2.63. The van der Waals surface area contributed by atoms with E-state index in [9.17, 15) is 13.2 Å². The van der Waals surface area contributed by atoms with E-state index in [1.165, 1.54) is 19.1 Å². The van der Waals surface area contributed by atoms with Gasteiger partial charge in [-0.25, -0.2) is 8.42 Å². The van der Waals surface area contributed by atoms with E-state index in [-0.39, 0.29) is 18.0 Å². The minimum atomic E-state index is -3.75. The van der Waals surface area contributed by atoms with Crippen LogP contribution in [0.2, 0.25) is 0 Å². The Hall–Kier alpha value is -2.58. The molecule has 0 fully saturated rings. The van der Waals surface area contributed by atoms with Crippen LogP contribution in [-0.4, -0.2) is 40.6 Å². The molecule has 0 saturated carbocycles. The Morgan fingerprint density at radius 2 is 1.65 bits per heavy atom. The van der Waals surface area contributed by atoms with E-state index in [1.807, 2.05) is 12.1 Å². The first-order valence-electron chi connectivity index (χ1n) is 8.05. The van der Waals surface area contributed by atoms with E-state index < -0.39 is 22.0 Å². The molecule has 1 atom stereocenters. The molecule has 2 N–H and O–H groups in total. The number of rotatable bonds is 9. The molecule has 0 unspecified atom stereocenters. The molecule has 0 aliphatic rings. The van der Waals surface area contributed by atoms with Crippen LogP contribution in [0.25, 0.3) is 0 Å². The van der Waals surface area contributed by atoms with Crippen LogP contribution in [0.5, 0.6) is 11.5 Å². The number of sulfonamides is 1. The number of carbonyl (C=O) groups is 1. The fourth-order valence-electron chi connectivity index (χ4n) is 2.18. The lowest BCUT2D eigenvalue weighted by Crippen LogP contribution is -2.45. The predicted octanol–water partition coefficient (Wildman–Crippen LogP) is 1.56. The van der Waals surface area contributed by atoms with E-state index in [0.717, 1.165) is 0 Å². The van der Waals surface area contributed by atoms with Gasteiger partial charge in [0.05, 0.1) is 24.6 Å². The molecular formula is C18H22N2O5S. The maximum absolute atomic E-state index is 12.2. The number of hydrogen-bond donors (Lipinski definition) is 2. The molecule has 0 radical (unpaired) electrons. The Labute approximate surface area is 153 Å². The highest BCUT2D eigenvalue weighted by Crippen LogP contribution is 2.25. The lowest BCUT2D eigenvalue weighted by molar-refractivity contribution is -0.122. The number of carbonyl (C=O) groups excluding carboxylic acids is 1. The third-order valence-corrected chi connectivity index (χ3v) is 5.06. The maximum atomic E-state index is 12.2. The first kappa shape index (κ1) is 19.7. The van der Waals surface area contributed by atoms with Gasteiger partial charge in [0.2, 0.25) is 15.9 Å². The second-order valence-electron chi connectivity index (χ2n) is 5.45. The minimum absolute atomic E-state index is 0.110. The zero-order valence-corrected chi connectivity index (χ0v) is 15.5. The smallest absolute Gasteiger partial charge is 0.241 e. The number of hydrogen-bond acceptors (Lipinski definition) is 5. The molecule has 0 spiro atoms. The maximum Gasteiger partial charge on any atom is 0.241 e. The van der Waals surface area contributed by atoms with Crippen LogP contribution >= 0.6 is 0 Å².